The van der Waals surface area contributed by atoms with Crippen LogP contribution in [0, 0.1) is 10.1 Å². The summed E-state index contributed by atoms with van der Waals surface area (Å²) in [7, 11) is -3.62. The van der Waals surface area contributed by atoms with Crippen LogP contribution in [-0.2, 0) is 9.84 Å². The molecule has 110 valence electrons. The van der Waals surface area contributed by atoms with Crippen molar-refractivity contribution in [2.75, 3.05) is 24.2 Å². The lowest BCUT2D eigenvalue weighted by Gasteiger charge is -2.22. The van der Waals surface area contributed by atoms with Crippen LogP contribution < -0.4 is 4.90 Å². The Morgan fingerprint density at radius 1 is 1.15 bits per heavy atom. The Balaban J connectivity index is 2.55. The van der Waals surface area contributed by atoms with Gasteiger partial charge in [0, 0.05) is 19.3 Å². The second-order valence-electron chi connectivity index (χ2n) is 5.05. The summed E-state index contributed by atoms with van der Waals surface area (Å²) in [5.74, 6) is 0. The number of rotatable bonds is 3. The minimum absolute atomic E-state index is 0.204. The number of nitro benzene ring substituents is 1. The number of nitro groups is 1. The van der Waals surface area contributed by atoms with E-state index in [1.54, 1.807) is 12.1 Å². The number of hydrogen-bond acceptors (Lipinski definition) is 5. The highest BCUT2D eigenvalue weighted by Gasteiger charge is 2.28. The van der Waals surface area contributed by atoms with E-state index in [1.165, 1.54) is 6.07 Å². The van der Waals surface area contributed by atoms with Crippen molar-refractivity contribution in [3.8, 4) is 0 Å². The van der Waals surface area contributed by atoms with Crippen molar-refractivity contribution in [3.63, 3.8) is 0 Å². The third kappa shape index (κ3) is 3.09. The van der Waals surface area contributed by atoms with Gasteiger partial charge in [0.1, 0.15) is 10.6 Å². The summed E-state index contributed by atoms with van der Waals surface area (Å²) in [6, 6.07) is 4.51. The van der Waals surface area contributed by atoms with Gasteiger partial charge in [-0.25, -0.2) is 8.42 Å². The maximum Gasteiger partial charge on any atom is 0.311 e. The molecule has 1 aromatic carbocycles. The molecule has 2 rings (SSSR count). The average Bonchev–Trinajstić information content (AvgIpc) is 2.65. The molecular formula is C13H18N2O4S. The highest BCUT2D eigenvalue weighted by atomic mass is 32.2. The van der Waals surface area contributed by atoms with Gasteiger partial charge in [-0.15, -0.1) is 0 Å². The van der Waals surface area contributed by atoms with Crippen LogP contribution in [0.5, 0.6) is 0 Å². The molecule has 0 aromatic heterocycles. The number of para-hydroxylation sites is 1. The van der Waals surface area contributed by atoms with Crippen molar-refractivity contribution in [2.45, 2.75) is 30.6 Å². The number of sulfone groups is 1. The lowest BCUT2D eigenvalue weighted by Crippen LogP contribution is -2.25. The van der Waals surface area contributed by atoms with Crippen molar-refractivity contribution < 1.29 is 13.3 Å². The molecule has 1 aromatic rings. The number of anilines is 1. The van der Waals surface area contributed by atoms with Crippen LogP contribution in [0.3, 0.4) is 0 Å². The summed E-state index contributed by atoms with van der Waals surface area (Å²) >= 11 is 0. The molecule has 1 fully saturated rings. The minimum Gasteiger partial charge on any atom is -0.366 e. The van der Waals surface area contributed by atoms with Crippen molar-refractivity contribution in [2.24, 2.45) is 0 Å². The molecule has 0 bridgehead atoms. The molecule has 0 atom stereocenters. The molecule has 0 radical (unpaired) electrons. The predicted octanol–water partition coefficient (Wildman–Crippen LogP) is 2.38. The van der Waals surface area contributed by atoms with Gasteiger partial charge in [-0.1, -0.05) is 18.9 Å². The van der Waals surface area contributed by atoms with E-state index < -0.39 is 14.8 Å². The van der Waals surface area contributed by atoms with Gasteiger partial charge in [-0.05, 0) is 25.0 Å². The molecule has 0 N–H and O–H groups in total. The summed E-state index contributed by atoms with van der Waals surface area (Å²) in [5, 5.41) is 11.3. The van der Waals surface area contributed by atoms with E-state index >= 15 is 0 Å². The largest absolute Gasteiger partial charge is 0.366 e. The van der Waals surface area contributed by atoms with Gasteiger partial charge in [-0.2, -0.15) is 0 Å². The van der Waals surface area contributed by atoms with Gasteiger partial charge in [0.05, 0.1) is 4.92 Å². The van der Waals surface area contributed by atoms with Crippen molar-refractivity contribution in [1.29, 1.82) is 0 Å². The first-order valence-electron chi connectivity index (χ1n) is 6.63. The Morgan fingerprint density at radius 2 is 1.75 bits per heavy atom. The Hall–Kier alpha value is -1.63. The molecule has 7 heteroatoms. The van der Waals surface area contributed by atoms with Crippen molar-refractivity contribution >= 4 is 21.2 Å². The first kappa shape index (κ1) is 14.8. The number of hydrogen-bond donors (Lipinski definition) is 0. The molecule has 0 amide bonds. The zero-order valence-corrected chi connectivity index (χ0v) is 12.2. The smallest absolute Gasteiger partial charge is 0.311 e. The highest BCUT2D eigenvalue weighted by molar-refractivity contribution is 7.90. The van der Waals surface area contributed by atoms with E-state index in [1.807, 2.05) is 4.90 Å². The molecular weight excluding hydrogens is 280 g/mol. The van der Waals surface area contributed by atoms with Crippen LogP contribution in [-0.4, -0.2) is 32.7 Å². The summed E-state index contributed by atoms with van der Waals surface area (Å²) in [4.78, 5) is 12.5. The summed E-state index contributed by atoms with van der Waals surface area (Å²) in [6.45, 7) is 1.46. The molecule has 0 aliphatic carbocycles. The van der Waals surface area contributed by atoms with Gasteiger partial charge in [0.2, 0.25) is 0 Å². The maximum atomic E-state index is 11.7. The normalized spacial score (nSPS) is 16.8. The Kier molecular flexibility index (Phi) is 4.27. The molecule has 1 aliphatic heterocycles. The number of nitrogens with zero attached hydrogens (tertiary/aromatic N) is 2. The quantitative estimate of drug-likeness (QED) is 0.632. The van der Waals surface area contributed by atoms with Gasteiger partial charge in [0.25, 0.3) is 0 Å². The first-order chi connectivity index (χ1) is 9.41. The van der Waals surface area contributed by atoms with Crippen molar-refractivity contribution in [1.82, 2.24) is 0 Å². The van der Waals surface area contributed by atoms with E-state index in [9.17, 15) is 18.5 Å². The van der Waals surface area contributed by atoms with Gasteiger partial charge in [-0.3, -0.25) is 10.1 Å². The fraction of sp³-hybridized carbons (Fsp3) is 0.538. The van der Waals surface area contributed by atoms with Crippen LogP contribution in [0.15, 0.2) is 23.1 Å². The summed E-state index contributed by atoms with van der Waals surface area (Å²) < 4.78 is 23.5. The standard InChI is InChI=1S/C13H18N2O4S/c1-20(18,19)12-8-6-7-11(13(12)15(16)17)14-9-4-2-3-5-10-14/h6-8H,2-5,9-10H2,1H3. The maximum absolute atomic E-state index is 11.7. The fourth-order valence-corrected chi connectivity index (χ4v) is 3.42. The van der Waals surface area contributed by atoms with E-state index in [0.29, 0.717) is 5.69 Å². The summed E-state index contributed by atoms with van der Waals surface area (Å²) in [5.41, 5.74) is 0.122. The second-order valence-corrected chi connectivity index (χ2v) is 7.04. The van der Waals surface area contributed by atoms with Crippen LogP contribution in [0.1, 0.15) is 25.7 Å². The SMILES string of the molecule is CS(=O)(=O)c1cccc(N2CCCCCC2)c1[N+](=O)[O-]. The Morgan fingerprint density at radius 3 is 2.25 bits per heavy atom. The molecule has 0 unspecified atom stereocenters. The lowest BCUT2D eigenvalue weighted by molar-refractivity contribution is -0.387. The Bertz CT molecular complexity index is 605. The van der Waals surface area contributed by atoms with Crippen LogP contribution in [0.4, 0.5) is 11.4 Å². The third-order valence-corrected chi connectivity index (χ3v) is 4.63. The lowest BCUT2D eigenvalue weighted by atomic mass is 10.2. The van der Waals surface area contributed by atoms with E-state index in [0.717, 1.165) is 45.0 Å². The molecule has 1 aliphatic rings. The molecule has 20 heavy (non-hydrogen) atoms. The van der Waals surface area contributed by atoms with E-state index in [2.05, 4.69) is 0 Å². The highest BCUT2D eigenvalue weighted by Crippen LogP contribution is 2.35. The number of benzene rings is 1. The van der Waals surface area contributed by atoms with Crippen LogP contribution >= 0.6 is 0 Å². The minimum atomic E-state index is -3.62. The van der Waals surface area contributed by atoms with Crippen LogP contribution in [0.2, 0.25) is 0 Å². The second kappa shape index (κ2) is 5.78. The average molecular weight is 298 g/mol. The fourth-order valence-electron chi connectivity index (χ4n) is 2.56. The van der Waals surface area contributed by atoms with E-state index in [-0.39, 0.29) is 10.6 Å². The van der Waals surface area contributed by atoms with Crippen molar-refractivity contribution in [3.05, 3.63) is 28.3 Å². The molecule has 1 heterocycles. The first-order valence-corrected chi connectivity index (χ1v) is 8.53. The van der Waals surface area contributed by atoms with Gasteiger partial charge >= 0.3 is 5.69 Å². The summed E-state index contributed by atoms with van der Waals surface area (Å²) in [6.07, 6.45) is 5.16. The molecule has 6 nitrogen and oxygen atoms in total. The van der Waals surface area contributed by atoms with Gasteiger partial charge in [0.15, 0.2) is 9.84 Å². The topological polar surface area (TPSA) is 80.5 Å². The Labute approximate surface area is 118 Å². The predicted molar refractivity (Wildman–Crippen MR) is 76.9 cm³/mol. The zero-order valence-electron chi connectivity index (χ0n) is 11.4. The third-order valence-electron chi connectivity index (χ3n) is 3.51. The molecule has 1 saturated heterocycles. The monoisotopic (exact) mass is 298 g/mol. The van der Waals surface area contributed by atoms with E-state index in [4.69, 9.17) is 0 Å². The van der Waals surface area contributed by atoms with Crippen LogP contribution in [0.25, 0.3) is 0 Å². The molecule has 0 saturated carbocycles. The van der Waals surface area contributed by atoms with Gasteiger partial charge < -0.3 is 4.90 Å². The molecule has 0 spiro atoms. The zero-order chi connectivity index (χ0) is 14.8.